The molecule has 0 saturated carbocycles. The highest BCUT2D eigenvalue weighted by Crippen LogP contribution is 2.27. The van der Waals surface area contributed by atoms with Gasteiger partial charge in [-0.15, -0.1) is 0 Å². The maximum atomic E-state index is 13.9. The molecule has 7 nitrogen and oxygen atoms in total. The van der Waals surface area contributed by atoms with E-state index in [1.807, 2.05) is 57.2 Å². The monoisotopic (exact) mass is 535 g/mol. The second-order valence-electron chi connectivity index (χ2n) is 9.61. The molecular formula is C30H37N3O4S. The van der Waals surface area contributed by atoms with Crippen LogP contribution in [0.15, 0.2) is 83.8 Å². The summed E-state index contributed by atoms with van der Waals surface area (Å²) in [6, 6.07) is 22.1. The average Bonchev–Trinajstić information content (AvgIpc) is 2.91. The molecule has 202 valence electrons. The molecule has 0 unspecified atom stereocenters. The van der Waals surface area contributed by atoms with E-state index in [0.29, 0.717) is 11.3 Å². The molecule has 1 N–H and O–H groups in total. The van der Waals surface area contributed by atoms with Crippen LogP contribution in [0.3, 0.4) is 0 Å². The zero-order valence-electron chi connectivity index (χ0n) is 22.7. The van der Waals surface area contributed by atoms with Crippen molar-refractivity contribution < 1.29 is 18.0 Å². The van der Waals surface area contributed by atoms with Crippen molar-refractivity contribution in [3.05, 3.63) is 95.6 Å². The van der Waals surface area contributed by atoms with Crippen LogP contribution in [-0.2, 0) is 26.2 Å². The number of amides is 2. The molecule has 0 fully saturated rings. The molecular weight excluding hydrogens is 498 g/mol. The Bertz CT molecular complexity index is 1340. The molecule has 2 amide bonds. The van der Waals surface area contributed by atoms with Crippen molar-refractivity contribution >= 4 is 27.5 Å². The third kappa shape index (κ3) is 7.01. The third-order valence-corrected chi connectivity index (χ3v) is 8.41. The van der Waals surface area contributed by atoms with E-state index in [0.717, 1.165) is 21.9 Å². The van der Waals surface area contributed by atoms with Gasteiger partial charge in [0.1, 0.15) is 12.6 Å². The lowest BCUT2D eigenvalue weighted by atomic mass is 10.1. The predicted octanol–water partition coefficient (Wildman–Crippen LogP) is 4.83. The predicted molar refractivity (Wildman–Crippen MR) is 151 cm³/mol. The highest BCUT2D eigenvalue weighted by atomic mass is 32.2. The number of nitrogens with zero attached hydrogens (tertiary/aromatic N) is 2. The highest BCUT2D eigenvalue weighted by molar-refractivity contribution is 7.92. The van der Waals surface area contributed by atoms with Gasteiger partial charge in [0.2, 0.25) is 11.8 Å². The fourth-order valence-corrected chi connectivity index (χ4v) is 5.50. The van der Waals surface area contributed by atoms with Gasteiger partial charge in [0.05, 0.1) is 10.6 Å². The number of aryl methyl sites for hydroxylation is 2. The van der Waals surface area contributed by atoms with E-state index in [4.69, 9.17) is 0 Å². The van der Waals surface area contributed by atoms with Gasteiger partial charge in [-0.2, -0.15) is 0 Å². The molecule has 2 atom stereocenters. The molecule has 0 heterocycles. The summed E-state index contributed by atoms with van der Waals surface area (Å²) >= 11 is 0. The van der Waals surface area contributed by atoms with Crippen molar-refractivity contribution in [1.29, 1.82) is 0 Å². The SMILES string of the molecule is CC[C@@H](C)NC(=O)[C@@H](C)N(Cc1ccccc1)C(=O)CN(c1ccccc1C)S(=O)(=O)c1ccc(C)cc1. The summed E-state index contributed by atoms with van der Waals surface area (Å²) in [6.45, 7) is 8.95. The summed E-state index contributed by atoms with van der Waals surface area (Å²) < 4.78 is 28.9. The Balaban J connectivity index is 2.02. The maximum absolute atomic E-state index is 13.9. The van der Waals surface area contributed by atoms with Crippen molar-refractivity contribution in [3.63, 3.8) is 0 Å². The number of rotatable bonds is 11. The van der Waals surface area contributed by atoms with Gasteiger partial charge in [0.25, 0.3) is 10.0 Å². The molecule has 0 aliphatic carbocycles. The van der Waals surface area contributed by atoms with Crippen LogP contribution in [0.25, 0.3) is 0 Å². The third-order valence-electron chi connectivity index (χ3n) is 6.64. The van der Waals surface area contributed by atoms with Crippen LogP contribution in [0.1, 0.15) is 43.9 Å². The molecule has 0 spiro atoms. The quantitative estimate of drug-likeness (QED) is 0.381. The Morgan fingerprint density at radius 2 is 1.47 bits per heavy atom. The van der Waals surface area contributed by atoms with Gasteiger partial charge in [-0.3, -0.25) is 13.9 Å². The van der Waals surface area contributed by atoms with Crippen molar-refractivity contribution in [2.45, 2.75) is 64.6 Å². The standard InChI is InChI=1S/C30H37N3O4S/c1-6-24(4)31-30(35)25(5)32(20-26-13-8-7-9-14-26)29(34)21-33(28-15-11-10-12-23(28)3)38(36,37)27-18-16-22(2)17-19-27/h7-19,24-25H,6,20-21H2,1-5H3,(H,31,35)/t24-,25-/m1/s1. The summed E-state index contributed by atoms with van der Waals surface area (Å²) in [6.07, 6.45) is 0.751. The van der Waals surface area contributed by atoms with Crippen LogP contribution in [0, 0.1) is 13.8 Å². The van der Waals surface area contributed by atoms with Gasteiger partial charge < -0.3 is 10.2 Å². The van der Waals surface area contributed by atoms with Crippen LogP contribution in [0.5, 0.6) is 0 Å². The normalized spacial score (nSPS) is 12.9. The molecule has 3 rings (SSSR count). The minimum absolute atomic E-state index is 0.0518. The number of benzene rings is 3. The number of hydrogen-bond acceptors (Lipinski definition) is 4. The number of para-hydroxylation sites is 1. The number of nitrogens with one attached hydrogen (secondary N) is 1. The number of sulfonamides is 1. The summed E-state index contributed by atoms with van der Waals surface area (Å²) in [5.74, 6) is -0.757. The van der Waals surface area contributed by atoms with E-state index in [2.05, 4.69) is 5.32 Å². The second kappa shape index (κ2) is 12.7. The summed E-state index contributed by atoms with van der Waals surface area (Å²) in [5, 5.41) is 2.94. The van der Waals surface area contributed by atoms with E-state index >= 15 is 0 Å². The van der Waals surface area contributed by atoms with Gasteiger partial charge in [-0.1, -0.05) is 73.2 Å². The Kier molecular flexibility index (Phi) is 9.69. The van der Waals surface area contributed by atoms with Gasteiger partial charge in [-0.25, -0.2) is 8.42 Å². The fourth-order valence-electron chi connectivity index (χ4n) is 4.02. The molecule has 0 bridgehead atoms. The van der Waals surface area contributed by atoms with Crippen LogP contribution in [0.4, 0.5) is 5.69 Å². The average molecular weight is 536 g/mol. The van der Waals surface area contributed by atoms with E-state index in [1.54, 1.807) is 56.3 Å². The lowest BCUT2D eigenvalue weighted by Crippen LogP contribution is -2.52. The summed E-state index contributed by atoms with van der Waals surface area (Å²) in [7, 11) is -4.08. The van der Waals surface area contributed by atoms with Crippen LogP contribution < -0.4 is 9.62 Å². The topological polar surface area (TPSA) is 86.8 Å². The van der Waals surface area contributed by atoms with Crippen molar-refractivity contribution in [2.24, 2.45) is 0 Å². The molecule has 0 radical (unpaired) electrons. The Morgan fingerprint density at radius 1 is 0.868 bits per heavy atom. The summed E-state index contributed by atoms with van der Waals surface area (Å²) in [5.41, 5.74) is 2.90. The first-order valence-corrected chi connectivity index (χ1v) is 14.3. The van der Waals surface area contributed by atoms with E-state index in [-0.39, 0.29) is 23.4 Å². The van der Waals surface area contributed by atoms with Crippen LogP contribution in [0.2, 0.25) is 0 Å². The lowest BCUT2D eigenvalue weighted by molar-refractivity contribution is -0.139. The minimum Gasteiger partial charge on any atom is -0.352 e. The zero-order valence-corrected chi connectivity index (χ0v) is 23.5. The van der Waals surface area contributed by atoms with Crippen molar-refractivity contribution in [2.75, 3.05) is 10.8 Å². The first-order valence-electron chi connectivity index (χ1n) is 12.8. The zero-order chi connectivity index (χ0) is 27.9. The minimum atomic E-state index is -4.08. The van der Waals surface area contributed by atoms with Crippen molar-refractivity contribution in [1.82, 2.24) is 10.2 Å². The van der Waals surface area contributed by atoms with Gasteiger partial charge in [-0.05, 0) is 63.4 Å². The van der Waals surface area contributed by atoms with Gasteiger partial charge >= 0.3 is 0 Å². The first kappa shape index (κ1) is 28.9. The van der Waals surface area contributed by atoms with Crippen molar-refractivity contribution in [3.8, 4) is 0 Å². The smallest absolute Gasteiger partial charge is 0.264 e. The Hall–Kier alpha value is -3.65. The second-order valence-corrected chi connectivity index (χ2v) is 11.5. The highest BCUT2D eigenvalue weighted by Gasteiger charge is 2.33. The fraction of sp³-hybridized carbons (Fsp3) is 0.333. The van der Waals surface area contributed by atoms with Gasteiger partial charge in [0, 0.05) is 12.6 Å². The van der Waals surface area contributed by atoms with Gasteiger partial charge in [0.15, 0.2) is 0 Å². The molecule has 0 saturated heterocycles. The number of hydrogen-bond donors (Lipinski definition) is 1. The first-order chi connectivity index (χ1) is 18.0. The van der Waals surface area contributed by atoms with Crippen LogP contribution >= 0.6 is 0 Å². The molecule has 8 heteroatoms. The van der Waals surface area contributed by atoms with E-state index in [9.17, 15) is 18.0 Å². The van der Waals surface area contributed by atoms with E-state index in [1.165, 1.54) is 4.90 Å². The number of anilines is 1. The molecule has 0 aromatic heterocycles. The molecule has 0 aliphatic rings. The number of carbonyl (C=O) groups is 2. The largest absolute Gasteiger partial charge is 0.352 e. The molecule has 38 heavy (non-hydrogen) atoms. The summed E-state index contributed by atoms with van der Waals surface area (Å²) in [4.78, 5) is 28.5. The molecule has 3 aromatic carbocycles. The number of carbonyl (C=O) groups excluding carboxylic acids is 2. The lowest BCUT2D eigenvalue weighted by Gasteiger charge is -2.33. The Labute approximate surface area is 226 Å². The van der Waals surface area contributed by atoms with E-state index < -0.39 is 28.5 Å². The Morgan fingerprint density at radius 3 is 2.08 bits per heavy atom. The molecule has 3 aromatic rings. The maximum Gasteiger partial charge on any atom is 0.264 e. The van der Waals surface area contributed by atoms with Crippen LogP contribution in [-0.4, -0.2) is 43.8 Å². The molecule has 0 aliphatic heterocycles.